The quantitative estimate of drug-likeness (QED) is 0.616. The molecule has 0 aliphatic heterocycles. The fraction of sp³-hybridized carbons (Fsp3) is 0.273. The Morgan fingerprint density at radius 2 is 1.92 bits per heavy atom. The first kappa shape index (κ1) is 7.89. The molecule has 0 N–H and O–H groups in total. The van der Waals surface area contributed by atoms with Crippen LogP contribution in [0.25, 0.3) is 10.8 Å². The van der Waals surface area contributed by atoms with Crippen LogP contribution in [0.1, 0.15) is 25.1 Å². The van der Waals surface area contributed by atoms with Gasteiger partial charge in [0, 0.05) is 0 Å². The maximum absolute atomic E-state index is 2.35. The van der Waals surface area contributed by atoms with Crippen LogP contribution in [0, 0.1) is 0 Å². The molecule has 1 aromatic heterocycles. The minimum absolute atomic E-state index is 0.697. The highest BCUT2D eigenvalue weighted by atomic mass is 31.0. The van der Waals surface area contributed by atoms with Crippen LogP contribution in [0.15, 0.2) is 30.1 Å². The van der Waals surface area contributed by atoms with Crippen LogP contribution >= 0.6 is 8.19 Å². The van der Waals surface area contributed by atoms with E-state index in [4.69, 9.17) is 0 Å². The molecule has 0 amide bonds. The molecule has 1 heteroatoms. The Morgan fingerprint density at radius 3 is 2.67 bits per heavy atom. The van der Waals surface area contributed by atoms with Crippen LogP contribution in [-0.4, -0.2) is 0 Å². The van der Waals surface area contributed by atoms with E-state index in [0.29, 0.717) is 5.92 Å². The molecule has 0 nitrogen and oxygen atoms in total. The van der Waals surface area contributed by atoms with Gasteiger partial charge in [-0.3, -0.25) is 0 Å². The topological polar surface area (TPSA) is 0 Å². The van der Waals surface area contributed by atoms with Crippen molar-refractivity contribution in [3.63, 3.8) is 0 Å². The SMILES string of the molecule is CC(C)c1[pH]cc2ccccc12. The molecule has 1 unspecified atom stereocenters. The molecule has 0 fully saturated rings. The molecule has 0 aliphatic rings. The Hall–Kier alpha value is -0.740. The second-order valence-corrected chi connectivity index (χ2v) is 4.56. The van der Waals surface area contributed by atoms with Gasteiger partial charge in [-0.1, -0.05) is 38.1 Å². The molecule has 12 heavy (non-hydrogen) atoms. The molecular weight excluding hydrogens is 163 g/mol. The lowest BCUT2D eigenvalue weighted by Crippen LogP contribution is -1.80. The highest BCUT2D eigenvalue weighted by molar-refractivity contribution is 7.31. The summed E-state index contributed by atoms with van der Waals surface area (Å²) in [7, 11) is 0.909. The van der Waals surface area contributed by atoms with Crippen molar-refractivity contribution < 1.29 is 0 Å². The van der Waals surface area contributed by atoms with Crippen LogP contribution in [0.5, 0.6) is 0 Å². The Labute approximate surface area is 74.7 Å². The molecule has 2 aromatic rings. The molecule has 1 aromatic carbocycles. The van der Waals surface area contributed by atoms with E-state index in [2.05, 4.69) is 43.9 Å². The smallest absolute Gasteiger partial charge is 0.0109 e. The van der Waals surface area contributed by atoms with Crippen molar-refractivity contribution in [1.29, 1.82) is 0 Å². The third-order valence-corrected chi connectivity index (χ3v) is 3.82. The summed E-state index contributed by atoms with van der Waals surface area (Å²) in [5, 5.41) is 4.52. The predicted molar refractivity (Wildman–Crippen MR) is 57.5 cm³/mol. The summed E-state index contributed by atoms with van der Waals surface area (Å²) >= 11 is 0. The Kier molecular flexibility index (Phi) is 1.94. The largest absolute Gasteiger partial charge is 0.135 e. The normalized spacial score (nSPS) is 11.9. The molecule has 0 radical (unpaired) electrons. The summed E-state index contributed by atoms with van der Waals surface area (Å²) in [4.78, 5) is 0. The lowest BCUT2D eigenvalue weighted by Gasteiger charge is -2.01. The molecule has 0 saturated carbocycles. The lowest BCUT2D eigenvalue weighted by atomic mass is 10.1. The lowest BCUT2D eigenvalue weighted by molar-refractivity contribution is 0.898. The Balaban J connectivity index is 2.70. The van der Waals surface area contributed by atoms with Gasteiger partial charge >= 0.3 is 0 Å². The number of rotatable bonds is 1. The summed E-state index contributed by atoms with van der Waals surface area (Å²) in [5.41, 5.74) is 0. The van der Waals surface area contributed by atoms with Crippen LogP contribution in [0.2, 0.25) is 0 Å². The molecule has 1 atom stereocenters. The first-order valence-electron chi connectivity index (χ1n) is 4.35. The molecule has 0 spiro atoms. The van der Waals surface area contributed by atoms with Crippen molar-refractivity contribution in [3.8, 4) is 0 Å². The molecule has 2 rings (SSSR count). The monoisotopic (exact) mass is 176 g/mol. The second kappa shape index (κ2) is 2.95. The number of hydrogen-bond donors (Lipinski definition) is 0. The van der Waals surface area contributed by atoms with Gasteiger partial charge in [-0.05, 0) is 27.8 Å². The van der Waals surface area contributed by atoms with E-state index in [1.165, 1.54) is 10.8 Å². The van der Waals surface area contributed by atoms with E-state index in [9.17, 15) is 0 Å². The zero-order valence-corrected chi connectivity index (χ0v) is 8.46. The van der Waals surface area contributed by atoms with Gasteiger partial charge < -0.3 is 0 Å². The van der Waals surface area contributed by atoms with E-state index in [0.717, 1.165) is 8.19 Å². The van der Waals surface area contributed by atoms with Gasteiger partial charge in [-0.25, -0.2) is 0 Å². The van der Waals surface area contributed by atoms with Crippen LogP contribution in [0.3, 0.4) is 0 Å². The van der Waals surface area contributed by atoms with E-state index in [1.807, 2.05) is 0 Å². The summed E-state index contributed by atoms with van der Waals surface area (Å²) in [6.45, 7) is 4.55. The summed E-state index contributed by atoms with van der Waals surface area (Å²) < 4.78 is 0. The summed E-state index contributed by atoms with van der Waals surface area (Å²) in [6.07, 6.45) is 0. The highest BCUT2D eigenvalue weighted by Crippen LogP contribution is 2.34. The number of benzene rings is 1. The maximum atomic E-state index is 2.35. The molecule has 0 aliphatic carbocycles. The van der Waals surface area contributed by atoms with Crippen molar-refractivity contribution in [3.05, 3.63) is 35.4 Å². The average molecular weight is 176 g/mol. The van der Waals surface area contributed by atoms with Gasteiger partial charge in [0.15, 0.2) is 0 Å². The summed E-state index contributed by atoms with van der Waals surface area (Å²) in [6, 6.07) is 8.69. The zero-order valence-electron chi connectivity index (χ0n) is 7.46. The minimum atomic E-state index is 0.697. The van der Waals surface area contributed by atoms with E-state index < -0.39 is 0 Å². The van der Waals surface area contributed by atoms with Gasteiger partial charge in [-0.2, -0.15) is 0 Å². The third-order valence-electron chi connectivity index (χ3n) is 2.21. The Morgan fingerprint density at radius 1 is 1.17 bits per heavy atom. The van der Waals surface area contributed by atoms with Crippen LogP contribution in [-0.2, 0) is 0 Å². The second-order valence-electron chi connectivity index (χ2n) is 3.44. The van der Waals surface area contributed by atoms with Gasteiger partial charge in [-0.15, -0.1) is 8.19 Å². The van der Waals surface area contributed by atoms with Crippen LogP contribution in [0.4, 0.5) is 0 Å². The van der Waals surface area contributed by atoms with E-state index in [-0.39, 0.29) is 0 Å². The molecule has 0 saturated heterocycles. The molecule has 1 heterocycles. The van der Waals surface area contributed by atoms with Crippen molar-refractivity contribution in [2.45, 2.75) is 19.8 Å². The van der Waals surface area contributed by atoms with Crippen molar-refractivity contribution >= 4 is 19.0 Å². The van der Waals surface area contributed by atoms with Gasteiger partial charge in [0.1, 0.15) is 0 Å². The Bertz CT molecular complexity index is 385. The molecular formula is C11H13P. The van der Waals surface area contributed by atoms with Crippen molar-refractivity contribution in [2.75, 3.05) is 0 Å². The standard InChI is InChI=1S/C11H13P/c1-8(2)11-10-6-4-3-5-9(10)7-12-11/h3-8,12H,1-2H3. The van der Waals surface area contributed by atoms with E-state index in [1.54, 1.807) is 5.30 Å². The first-order valence-corrected chi connectivity index (χ1v) is 5.43. The maximum Gasteiger partial charge on any atom is -0.0109 e. The third kappa shape index (κ3) is 1.17. The summed E-state index contributed by atoms with van der Waals surface area (Å²) in [5.74, 6) is 3.05. The van der Waals surface area contributed by atoms with E-state index >= 15 is 0 Å². The van der Waals surface area contributed by atoms with Gasteiger partial charge in [0.25, 0.3) is 0 Å². The van der Waals surface area contributed by atoms with Crippen LogP contribution < -0.4 is 0 Å². The number of hydrogen-bond acceptors (Lipinski definition) is 0. The average Bonchev–Trinajstić information content (AvgIpc) is 2.47. The molecule has 62 valence electrons. The first-order chi connectivity index (χ1) is 5.79. The fourth-order valence-electron chi connectivity index (χ4n) is 1.58. The van der Waals surface area contributed by atoms with Gasteiger partial charge in [0.2, 0.25) is 0 Å². The fourth-order valence-corrected chi connectivity index (χ4v) is 2.86. The number of fused-ring (bicyclic) bond motifs is 1. The van der Waals surface area contributed by atoms with Crippen molar-refractivity contribution in [1.82, 2.24) is 0 Å². The van der Waals surface area contributed by atoms with Gasteiger partial charge in [0.05, 0.1) is 0 Å². The van der Waals surface area contributed by atoms with Crippen molar-refractivity contribution in [2.24, 2.45) is 0 Å². The highest BCUT2D eigenvalue weighted by Gasteiger charge is 2.04. The minimum Gasteiger partial charge on any atom is -0.135 e. The molecule has 0 bridgehead atoms. The predicted octanol–water partition coefficient (Wildman–Crippen LogP) is 3.99. The zero-order chi connectivity index (χ0) is 8.55.